The summed E-state index contributed by atoms with van der Waals surface area (Å²) in [5, 5.41) is 0. The number of hydrogen-bond donors (Lipinski definition) is 0. The van der Waals surface area contributed by atoms with Gasteiger partial charge >= 0.3 is 11.9 Å². The van der Waals surface area contributed by atoms with Crippen LogP contribution in [0.1, 0.15) is 19.8 Å². The predicted molar refractivity (Wildman–Crippen MR) is 60.5 cm³/mol. The van der Waals surface area contributed by atoms with Gasteiger partial charge in [0.15, 0.2) is 0 Å². The number of rotatable bonds is 7. The third-order valence-electron chi connectivity index (χ3n) is 2.34. The van der Waals surface area contributed by atoms with Gasteiger partial charge in [-0.3, -0.25) is 9.13 Å². The van der Waals surface area contributed by atoms with Crippen molar-refractivity contribution in [2.45, 2.75) is 39.0 Å². The fourth-order valence-corrected chi connectivity index (χ4v) is 1.56. The number of alkyl halides is 3. The molecule has 0 saturated carbocycles. The average molecular weight is 266 g/mol. The van der Waals surface area contributed by atoms with Gasteiger partial charge in [0.05, 0.1) is 0 Å². The zero-order valence-electron chi connectivity index (χ0n) is 10.2. The highest BCUT2D eigenvalue weighted by atomic mass is 19.4. The van der Waals surface area contributed by atoms with Crippen molar-refractivity contribution in [1.29, 1.82) is 0 Å². The second-order valence-corrected chi connectivity index (χ2v) is 3.99. The van der Waals surface area contributed by atoms with Gasteiger partial charge in [-0.2, -0.15) is 13.2 Å². The van der Waals surface area contributed by atoms with E-state index in [-0.39, 0.29) is 12.3 Å². The van der Waals surface area contributed by atoms with Gasteiger partial charge in [-0.25, -0.2) is 4.79 Å². The summed E-state index contributed by atoms with van der Waals surface area (Å²) in [5.74, 6) is 0. The Hall–Kier alpha value is -1.24. The van der Waals surface area contributed by atoms with Crippen molar-refractivity contribution in [2.75, 3.05) is 13.2 Å². The van der Waals surface area contributed by atoms with Crippen molar-refractivity contribution in [3.63, 3.8) is 0 Å². The lowest BCUT2D eigenvalue weighted by Crippen LogP contribution is -2.24. The molecule has 1 aromatic heterocycles. The van der Waals surface area contributed by atoms with E-state index in [0.29, 0.717) is 19.5 Å². The first-order chi connectivity index (χ1) is 8.44. The maximum Gasteiger partial charge on any atom is 0.411 e. The maximum absolute atomic E-state index is 11.8. The van der Waals surface area contributed by atoms with Crippen molar-refractivity contribution in [1.82, 2.24) is 9.13 Å². The Bertz CT molecular complexity index is 409. The molecule has 0 spiro atoms. The van der Waals surface area contributed by atoms with Crippen molar-refractivity contribution in [2.24, 2.45) is 0 Å². The lowest BCUT2D eigenvalue weighted by molar-refractivity contribution is -0.174. The first kappa shape index (κ1) is 14.8. The molecule has 1 heterocycles. The zero-order chi connectivity index (χ0) is 13.6. The number of hydrogen-bond acceptors (Lipinski definition) is 2. The minimum absolute atomic E-state index is 0.00902. The average Bonchev–Trinajstić information content (AvgIpc) is 2.60. The Morgan fingerprint density at radius 2 is 1.83 bits per heavy atom. The molecule has 104 valence electrons. The maximum atomic E-state index is 11.8. The summed E-state index contributed by atoms with van der Waals surface area (Å²) in [5.41, 5.74) is -0.132. The van der Waals surface area contributed by atoms with Gasteiger partial charge in [0, 0.05) is 32.1 Å². The monoisotopic (exact) mass is 266 g/mol. The molecule has 0 aliphatic rings. The van der Waals surface area contributed by atoms with E-state index < -0.39 is 12.8 Å². The van der Waals surface area contributed by atoms with E-state index in [4.69, 9.17) is 0 Å². The summed E-state index contributed by atoms with van der Waals surface area (Å²) in [7, 11) is 0. The Balaban J connectivity index is 2.30. The summed E-state index contributed by atoms with van der Waals surface area (Å²) in [6, 6.07) is 0. The first-order valence-corrected chi connectivity index (χ1v) is 5.84. The van der Waals surface area contributed by atoms with E-state index in [1.165, 1.54) is 4.57 Å². The van der Waals surface area contributed by atoms with Gasteiger partial charge in [-0.15, -0.1) is 0 Å². The standard InChI is InChI=1S/C11H17F3N2O2/c1-2-4-15-6-7-16(10(15)17)5-3-8-18-9-11(12,13)14/h6-7H,2-5,8-9H2,1H3. The van der Waals surface area contributed by atoms with Crippen LogP contribution in [0, 0.1) is 0 Å². The van der Waals surface area contributed by atoms with Gasteiger partial charge < -0.3 is 4.74 Å². The minimum Gasteiger partial charge on any atom is -0.372 e. The lowest BCUT2D eigenvalue weighted by Gasteiger charge is -2.07. The van der Waals surface area contributed by atoms with Crippen LogP contribution in [0.3, 0.4) is 0 Å². The van der Waals surface area contributed by atoms with E-state index in [2.05, 4.69) is 4.74 Å². The molecule has 0 N–H and O–H groups in total. The largest absolute Gasteiger partial charge is 0.411 e. The molecule has 1 rings (SSSR count). The third kappa shape index (κ3) is 4.95. The molecular weight excluding hydrogens is 249 g/mol. The van der Waals surface area contributed by atoms with Crippen LogP contribution >= 0.6 is 0 Å². The Morgan fingerprint density at radius 3 is 2.39 bits per heavy atom. The molecule has 0 atom stereocenters. The molecule has 7 heteroatoms. The highest BCUT2D eigenvalue weighted by Gasteiger charge is 2.27. The number of aromatic nitrogens is 2. The number of ether oxygens (including phenoxy) is 1. The summed E-state index contributed by atoms with van der Waals surface area (Å²) in [4.78, 5) is 11.7. The first-order valence-electron chi connectivity index (χ1n) is 5.84. The zero-order valence-corrected chi connectivity index (χ0v) is 10.2. The highest BCUT2D eigenvalue weighted by Crippen LogP contribution is 2.14. The molecule has 0 aliphatic carbocycles. The van der Waals surface area contributed by atoms with E-state index in [0.717, 1.165) is 6.42 Å². The topological polar surface area (TPSA) is 36.2 Å². The molecule has 0 bridgehead atoms. The van der Waals surface area contributed by atoms with Crippen LogP contribution < -0.4 is 5.69 Å². The number of halogens is 3. The Labute approximate surface area is 103 Å². The quantitative estimate of drug-likeness (QED) is 0.708. The Morgan fingerprint density at radius 1 is 1.22 bits per heavy atom. The molecule has 1 aromatic rings. The van der Waals surface area contributed by atoms with Crippen molar-refractivity contribution < 1.29 is 17.9 Å². The second-order valence-electron chi connectivity index (χ2n) is 3.99. The molecule has 4 nitrogen and oxygen atoms in total. The second kappa shape index (κ2) is 6.63. The van der Waals surface area contributed by atoms with E-state index in [1.807, 2.05) is 6.92 Å². The van der Waals surface area contributed by atoms with E-state index >= 15 is 0 Å². The molecule has 0 aliphatic heterocycles. The fraction of sp³-hybridized carbons (Fsp3) is 0.727. The third-order valence-corrected chi connectivity index (χ3v) is 2.34. The SMILES string of the molecule is CCCn1ccn(CCCOCC(F)(F)F)c1=O. The van der Waals surface area contributed by atoms with E-state index in [9.17, 15) is 18.0 Å². The minimum atomic E-state index is -4.29. The van der Waals surface area contributed by atoms with Crippen molar-refractivity contribution >= 4 is 0 Å². The van der Waals surface area contributed by atoms with E-state index in [1.54, 1.807) is 17.0 Å². The summed E-state index contributed by atoms with van der Waals surface area (Å²) < 4.78 is 42.8. The summed E-state index contributed by atoms with van der Waals surface area (Å²) >= 11 is 0. The highest BCUT2D eigenvalue weighted by molar-refractivity contribution is 4.81. The number of nitrogens with zero attached hydrogens (tertiary/aromatic N) is 2. The molecule has 0 amide bonds. The van der Waals surface area contributed by atoms with Crippen LogP contribution in [0.25, 0.3) is 0 Å². The molecule has 0 unspecified atom stereocenters. The van der Waals surface area contributed by atoms with Gasteiger partial charge in [0.1, 0.15) is 6.61 Å². The van der Waals surface area contributed by atoms with Crippen LogP contribution in [-0.2, 0) is 17.8 Å². The van der Waals surface area contributed by atoms with Gasteiger partial charge in [0.25, 0.3) is 0 Å². The van der Waals surface area contributed by atoms with Crippen LogP contribution in [0.15, 0.2) is 17.2 Å². The van der Waals surface area contributed by atoms with Crippen LogP contribution in [-0.4, -0.2) is 28.5 Å². The normalized spacial score (nSPS) is 12.0. The number of imidazole rings is 1. The Kier molecular flexibility index (Phi) is 5.46. The molecule has 0 aromatic carbocycles. The van der Waals surface area contributed by atoms with Crippen LogP contribution in [0.4, 0.5) is 13.2 Å². The van der Waals surface area contributed by atoms with Crippen molar-refractivity contribution in [3.8, 4) is 0 Å². The molecule has 0 radical (unpaired) electrons. The molecule has 0 saturated heterocycles. The summed E-state index contributed by atoms with van der Waals surface area (Å²) in [6.07, 6.45) is 0.274. The number of aryl methyl sites for hydroxylation is 2. The van der Waals surface area contributed by atoms with Crippen molar-refractivity contribution in [3.05, 3.63) is 22.9 Å². The fourth-order valence-electron chi connectivity index (χ4n) is 1.56. The molecule has 0 fully saturated rings. The van der Waals surface area contributed by atoms with Gasteiger partial charge in [-0.05, 0) is 12.8 Å². The predicted octanol–water partition coefficient (Wildman–Crippen LogP) is 2.03. The lowest BCUT2D eigenvalue weighted by atomic mass is 10.4. The van der Waals surface area contributed by atoms with Gasteiger partial charge in [0.2, 0.25) is 0 Å². The van der Waals surface area contributed by atoms with Crippen LogP contribution in [0.5, 0.6) is 0 Å². The van der Waals surface area contributed by atoms with Gasteiger partial charge in [-0.1, -0.05) is 6.92 Å². The smallest absolute Gasteiger partial charge is 0.372 e. The molecule has 18 heavy (non-hydrogen) atoms. The van der Waals surface area contributed by atoms with Crippen LogP contribution in [0.2, 0.25) is 0 Å². The molecular formula is C11H17F3N2O2. The summed E-state index contributed by atoms with van der Waals surface area (Å²) in [6.45, 7) is 1.74.